The Balaban J connectivity index is 1.65. The molecule has 0 aliphatic heterocycles. The summed E-state index contributed by atoms with van der Waals surface area (Å²) in [4.78, 5) is 3.00. The fourth-order valence-corrected chi connectivity index (χ4v) is 3.27. The Kier molecular flexibility index (Phi) is 5.67. The van der Waals surface area contributed by atoms with Crippen molar-refractivity contribution >= 4 is 11.3 Å². The molecule has 0 aromatic carbocycles. The second kappa shape index (κ2) is 7.27. The molecule has 0 spiro atoms. The highest BCUT2D eigenvalue weighted by Gasteiger charge is 2.19. The van der Waals surface area contributed by atoms with Gasteiger partial charge in [-0.15, -0.1) is 11.3 Å². The largest absolute Gasteiger partial charge is 0.314 e. The highest BCUT2D eigenvalue weighted by atomic mass is 32.1. The van der Waals surface area contributed by atoms with Crippen LogP contribution in [0.1, 0.15) is 47.9 Å². The molecule has 0 bridgehead atoms. The minimum Gasteiger partial charge on any atom is -0.314 e. The first kappa shape index (κ1) is 14.0. The van der Waals surface area contributed by atoms with Gasteiger partial charge in [0.15, 0.2) is 0 Å². The van der Waals surface area contributed by atoms with Crippen LogP contribution < -0.4 is 10.6 Å². The summed E-state index contributed by atoms with van der Waals surface area (Å²) in [5.41, 5.74) is 1.57. The van der Waals surface area contributed by atoms with Crippen LogP contribution in [0.4, 0.5) is 0 Å². The molecule has 1 fully saturated rings. The first-order valence-corrected chi connectivity index (χ1v) is 8.13. The Bertz CT molecular complexity index is 355. The molecule has 1 aromatic heterocycles. The van der Waals surface area contributed by atoms with Gasteiger partial charge in [0.2, 0.25) is 0 Å². The normalized spacial score (nSPS) is 15.2. The van der Waals surface area contributed by atoms with Gasteiger partial charge in [0.05, 0.1) is 0 Å². The molecule has 1 aromatic rings. The van der Waals surface area contributed by atoms with Gasteiger partial charge in [-0.05, 0) is 63.7 Å². The lowest BCUT2D eigenvalue weighted by Crippen LogP contribution is -2.17. The first-order valence-electron chi connectivity index (χ1n) is 7.32. The van der Waals surface area contributed by atoms with E-state index < -0.39 is 0 Å². The maximum Gasteiger partial charge on any atom is 0.0299 e. The van der Waals surface area contributed by atoms with Crippen molar-refractivity contribution in [1.29, 1.82) is 0 Å². The lowest BCUT2D eigenvalue weighted by molar-refractivity contribution is 0.619. The molecule has 0 unspecified atom stereocenters. The summed E-state index contributed by atoms with van der Waals surface area (Å²) in [5.74, 6) is 0. The predicted molar refractivity (Wildman–Crippen MR) is 80.4 cm³/mol. The second-order valence-electron chi connectivity index (χ2n) is 5.26. The summed E-state index contributed by atoms with van der Waals surface area (Å²) in [7, 11) is 0. The molecule has 18 heavy (non-hydrogen) atoms. The van der Waals surface area contributed by atoms with Crippen LogP contribution in [0.2, 0.25) is 0 Å². The average Bonchev–Trinajstić information content (AvgIpc) is 3.11. The number of hydrogen-bond donors (Lipinski definition) is 2. The summed E-state index contributed by atoms with van der Waals surface area (Å²) in [6, 6.07) is 3.26. The van der Waals surface area contributed by atoms with Gasteiger partial charge in [0.25, 0.3) is 0 Å². The third-order valence-electron chi connectivity index (χ3n) is 3.50. The Morgan fingerprint density at radius 3 is 2.89 bits per heavy atom. The van der Waals surface area contributed by atoms with Crippen LogP contribution in [-0.4, -0.2) is 19.1 Å². The number of hydrogen-bond acceptors (Lipinski definition) is 3. The zero-order valence-electron chi connectivity index (χ0n) is 11.7. The molecular weight excluding hydrogens is 240 g/mol. The van der Waals surface area contributed by atoms with Crippen LogP contribution in [0.25, 0.3) is 0 Å². The van der Waals surface area contributed by atoms with E-state index in [0.29, 0.717) is 0 Å². The van der Waals surface area contributed by atoms with Crippen LogP contribution >= 0.6 is 11.3 Å². The van der Waals surface area contributed by atoms with Gasteiger partial charge in [0, 0.05) is 22.3 Å². The van der Waals surface area contributed by atoms with Crippen molar-refractivity contribution in [2.75, 3.05) is 13.1 Å². The van der Waals surface area contributed by atoms with Crippen molar-refractivity contribution in [1.82, 2.24) is 10.6 Å². The summed E-state index contributed by atoms with van der Waals surface area (Å²) < 4.78 is 0. The minimum absolute atomic E-state index is 0.861. The summed E-state index contributed by atoms with van der Waals surface area (Å²) in [6.45, 7) is 7.72. The smallest absolute Gasteiger partial charge is 0.0299 e. The topological polar surface area (TPSA) is 24.1 Å². The van der Waals surface area contributed by atoms with E-state index in [1.165, 1.54) is 48.4 Å². The minimum atomic E-state index is 0.861. The molecule has 1 saturated carbocycles. The third-order valence-corrected chi connectivity index (χ3v) is 4.60. The Morgan fingerprint density at radius 1 is 1.33 bits per heavy atom. The van der Waals surface area contributed by atoms with Gasteiger partial charge in [-0.25, -0.2) is 0 Å². The van der Waals surface area contributed by atoms with Crippen LogP contribution in [0.15, 0.2) is 6.07 Å². The average molecular weight is 266 g/mol. The van der Waals surface area contributed by atoms with E-state index in [9.17, 15) is 0 Å². The van der Waals surface area contributed by atoms with Gasteiger partial charge in [0.1, 0.15) is 0 Å². The number of unbranched alkanes of at least 4 members (excludes halogenated alkanes) is 1. The van der Waals surface area contributed by atoms with E-state index in [2.05, 4.69) is 30.5 Å². The van der Waals surface area contributed by atoms with Crippen molar-refractivity contribution in [3.05, 3.63) is 21.4 Å². The van der Waals surface area contributed by atoms with Crippen molar-refractivity contribution < 1.29 is 0 Å². The molecule has 0 amide bonds. The maximum absolute atomic E-state index is 3.58. The SMILES string of the molecule is CCNCc1cc(CCCCNC2CC2)c(C)s1. The van der Waals surface area contributed by atoms with Crippen molar-refractivity contribution in [2.24, 2.45) is 0 Å². The molecular formula is C15H26N2S. The highest BCUT2D eigenvalue weighted by Crippen LogP contribution is 2.23. The molecule has 3 heteroatoms. The fourth-order valence-electron chi connectivity index (χ4n) is 2.21. The van der Waals surface area contributed by atoms with E-state index in [1.807, 2.05) is 11.3 Å². The van der Waals surface area contributed by atoms with Gasteiger partial charge in [-0.1, -0.05) is 6.92 Å². The number of rotatable bonds is 9. The first-order chi connectivity index (χ1) is 8.79. The zero-order chi connectivity index (χ0) is 12.8. The Labute approximate surface area is 115 Å². The van der Waals surface area contributed by atoms with Crippen molar-refractivity contribution in [2.45, 2.75) is 58.5 Å². The Morgan fingerprint density at radius 2 is 2.17 bits per heavy atom. The van der Waals surface area contributed by atoms with Gasteiger partial charge in [-0.2, -0.15) is 0 Å². The third kappa shape index (κ3) is 4.71. The number of aryl methyl sites for hydroxylation is 2. The van der Waals surface area contributed by atoms with Gasteiger partial charge in [-0.3, -0.25) is 0 Å². The quantitative estimate of drug-likeness (QED) is 0.671. The molecule has 1 heterocycles. The summed E-state index contributed by atoms with van der Waals surface area (Å²) >= 11 is 1.95. The van der Waals surface area contributed by atoms with Crippen LogP contribution in [0.5, 0.6) is 0 Å². The Hall–Kier alpha value is -0.380. The molecule has 0 atom stereocenters. The van der Waals surface area contributed by atoms with Crippen LogP contribution in [0.3, 0.4) is 0 Å². The lowest BCUT2D eigenvalue weighted by atomic mass is 10.1. The van der Waals surface area contributed by atoms with E-state index in [0.717, 1.165) is 19.1 Å². The standard InChI is InChI=1S/C15H26N2S/c1-3-16-11-15-10-13(12(2)18-15)6-4-5-9-17-14-7-8-14/h10,14,16-17H,3-9,11H2,1-2H3. The molecule has 1 aliphatic carbocycles. The molecule has 0 saturated heterocycles. The lowest BCUT2D eigenvalue weighted by Gasteiger charge is -2.02. The monoisotopic (exact) mass is 266 g/mol. The molecule has 2 N–H and O–H groups in total. The van der Waals surface area contributed by atoms with Gasteiger partial charge >= 0.3 is 0 Å². The summed E-state index contributed by atoms with van der Waals surface area (Å²) in [5, 5.41) is 6.98. The number of thiophene rings is 1. The summed E-state index contributed by atoms with van der Waals surface area (Å²) in [6.07, 6.45) is 6.68. The second-order valence-corrected chi connectivity index (χ2v) is 6.60. The van der Waals surface area contributed by atoms with E-state index in [1.54, 1.807) is 5.56 Å². The predicted octanol–water partition coefficient (Wildman–Crippen LogP) is 3.24. The molecule has 2 rings (SSSR count). The van der Waals surface area contributed by atoms with Crippen molar-refractivity contribution in [3.63, 3.8) is 0 Å². The molecule has 102 valence electrons. The molecule has 0 radical (unpaired) electrons. The van der Waals surface area contributed by atoms with E-state index in [-0.39, 0.29) is 0 Å². The van der Waals surface area contributed by atoms with Crippen LogP contribution in [-0.2, 0) is 13.0 Å². The van der Waals surface area contributed by atoms with Gasteiger partial charge < -0.3 is 10.6 Å². The zero-order valence-corrected chi connectivity index (χ0v) is 12.5. The van der Waals surface area contributed by atoms with Crippen LogP contribution in [0, 0.1) is 6.92 Å². The highest BCUT2D eigenvalue weighted by molar-refractivity contribution is 7.12. The van der Waals surface area contributed by atoms with Crippen molar-refractivity contribution in [3.8, 4) is 0 Å². The van der Waals surface area contributed by atoms with E-state index >= 15 is 0 Å². The number of nitrogens with one attached hydrogen (secondary N) is 2. The van der Waals surface area contributed by atoms with E-state index in [4.69, 9.17) is 0 Å². The fraction of sp³-hybridized carbons (Fsp3) is 0.733. The maximum atomic E-state index is 3.58. The molecule has 2 nitrogen and oxygen atoms in total. The molecule has 1 aliphatic rings.